The zero-order valence-corrected chi connectivity index (χ0v) is 18.7. The summed E-state index contributed by atoms with van der Waals surface area (Å²) in [4.78, 5) is 35.7. The van der Waals surface area contributed by atoms with Crippen molar-refractivity contribution in [1.29, 1.82) is 0 Å². The van der Waals surface area contributed by atoms with Crippen LogP contribution in [0.5, 0.6) is 0 Å². The van der Waals surface area contributed by atoms with Crippen molar-refractivity contribution >= 4 is 28.6 Å². The monoisotopic (exact) mass is 479 g/mol. The maximum Gasteiger partial charge on any atom is 0.261 e. The van der Waals surface area contributed by atoms with Crippen molar-refractivity contribution in [1.82, 2.24) is 24.5 Å². The van der Waals surface area contributed by atoms with Crippen LogP contribution >= 0.6 is 0 Å². The number of hydrogen-bond acceptors (Lipinski definition) is 8. The molecule has 1 aromatic carbocycles. The van der Waals surface area contributed by atoms with Crippen molar-refractivity contribution in [3.05, 3.63) is 84.3 Å². The zero-order chi connectivity index (χ0) is 24.2. The van der Waals surface area contributed by atoms with Crippen LogP contribution < -0.4 is 0 Å². The second-order valence-corrected chi connectivity index (χ2v) is 8.39. The first-order valence-corrected chi connectivity index (χ1v) is 11.4. The van der Waals surface area contributed by atoms with Gasteiger partial charge in [0.05, 0.1) is 34.6 Å². The molecule has 36 heavy (non-hydrogen) atoms. The van der Waals surface area contributed by atoms with Gasteiger partial charge in [0.15, 0.2) is 23.0 Å². The Labute approximate surface area is 202 Å². The molecule has 7 rings (SSSR count). The van der Waals surface area contributed by atoms with Crippen LogP contribution in [-0.2, 0) is 6.42 Å². The maximum absolute atomic E-state index is 12.6. The lowest BCUT2D eigenvalue weighted by atomic mass is 10.1. The highest BCUT2D eigenvalue weighted by molar-refractivity contribution is 6.21. The van der Waals surface area contributed by atoms with Crippen LogP contribution in [0, 0.1) is 0 Å². The lowest BCUT2D eigenvalue weighted by Crippen LogP contribution is -2.31. The van der Waals surface area contributed by atoms with Gasteiger partial charge in [-0.05, 0) is 42.8 Å². The van der Waals surface area contributed by atoms with E-state index in [1.807, 2.05) is 6.07 Å². The number of carbonyl (C=O) groups excluding carboxylic acids is 2. The van der Waals surface area contributed by atoms with Crippen molar-refractivity contribution < 1.29 is 22.8 Å². The number of imide groups is 1. The highest BCUT2D eigenvalue weighted by Gasteiger charge is 2.34. The minimum atomic E-state index is -0.267. The molecule has 10 nitrogen and oxygen atoms in total. The molecule has 0 atom stereocenters. The Balaban J connectivity index is 1.22. The van der Waals surface area contributed by atoms with E-state index in [0.717, 1.165) is 0 Å². The highest BCUT2D eigenvalue weighted by atomic mass is 16.4. The summed E-state index contributed by atoms with van der Waals surface area (Å²) in [5.74, 6) is 1.64. The first-order chi connectivity index (χ1) is 17.7. The molecule has 0 saturated heterocycles. The number of nitrogens with zero attached hydrogens (tertiary/aromatic N) is 5. The van der Waals surface area contributed by atoms with Gasteiger partial charge in [-0.25, -0.2) is 14.5 Å². The quantitative estimate of drug-likeness (QED) is 0.317. The topological polar surface area (TPSA) is 120 Å². The van der Waals surface area contributed by atoms with E-state index in [1.165, 1.54) is 4.90 Å². The van der Waals surface area contributed by atoms with E-state index in [1.54, 1.807) is 65.8 Å². The SMILES string of the molecule is O=C1c2ccccc2C(=O)N1CCCc1nc2c3c(-c4ccco4)c(-c4ccco4)oc3ncn2n1. The fourth-order valence-electron chi connectivity index (χ4n) is 4.62. The molecule has 1 aliphatic heterocycles. The van der Waals surface area contributed by atoms with E-state index in [9.17, 15) is 9.59 Å². The number of hydrogen-bond donors (Lipinski definition) is 0. The van der Waals surface area contributed by atoms with Crippen molar-refractivity contribution in [3.63, 3.8) is 0 Å². The summed E-state index contributed by atoms with van der Waals surface area (Å²) in [6.07, 6.45) is 5.69. The Hall–Kier alpha value is -4.99. The number of benzene rings is 1. The summed E-state index contributed by atoms with van der Waals surface area (Å²) < 4.78 is 18.9. The van der Waals surface area contributed by atoms with Gasteiger partial charge in [0.2, 0.25) is 5.71 Å². The molecule has 0 aliphatic carbocycles. The Morgan fingerprint density at radius 3 is 2.28 bits per heavy atom. The molecule has 0 saturated carbocycles. The largest absolute Gasteiger partial charge is 0.464 e. The van der Waals surface area contributed by atoms with Gasteiger partial charge in [0.1, 0.15) is 12.1 Å². The average molecular weight is 479 g/mol. The van der Waals surface area contributed by atoms with Crippen LogP contribution in [0.4, 0.5) is 0 Å². The van der Waals surface area contributed by atoms with Gasteiger partial charge < -0.3 is 13.3 Å². The normalized spacial score (nSPS) is 13.4. The summed E-state index contributed by atoms with van der Waals surface area (Å²) >= 11 is 0. The number of aromatic nitrogens is 4. The second kappa shape index (κ2) is 7.77. The molecule has 176 valence electrons. The first-order valence-electron chi connectivity index (χ1n) is 11.4. The third-order valence-electron chi connectivity index (χ3n) is 6.25. The molecule has 0 radical (unpaired) electrons. The second-order valence-electron chi connectivity index (χ2n) is 8.39. The van der Waals surface area contributed by atoms with Crippen LogP contribution in [-0.4, -0.2) is 42.8 Å². The number of furan rings is 3. The third kappa shape index (κ3) is 3.01. The van der Waals surface area contributed by atoms with E-state index in [4.69, 9.17) is 18.2 Å². The molecule has 6 aromatic rings. The summed E-state index contributed by atoms with van der Waals surface area (Å²) in [6, 6.07) is 14.1. The number of amides is 2. The molecule has 0 fully saturated rings. The number of rotatable bonds is 6. The molecule has 0 bridgehead atoms. The molecule has 6 heterocycles. The van der Waals surface area contributed by atoms with Crippen LogP contribution in [0.2, 0.25) is 0 Å². The van der Waals surface area contributed by atoms with Gasteiger partial charge in [-0.15, -0.1) is 5.10 Å². The molecule has 0 unspecified atom stereocenters. The van der Waals surface area contributed by atoms with Crippen molar-refractivity contribution in [2.75, 3.05) is 6.54 Å². The minimum Gasteiger partial charge on any atom is -0.464 e. The zero-order valence-electron chi connectivity index (χ0n) is 18.7. The van der Waals surface area contributed by atoms with Crippen LogP contribution in [0.15, 0.2) is 80.6 Å². The van der Waals surface area contributed by atoms with E-state index in [2.05, 4.69) is 10.1 Å². The average Bonchev–Trinajstić information content (AvgIpc) is 3.71. The Kier molecular flexibility index (Phi) is 4.40. The van der Waals surface area contributed by atoms with Crippen LogP contribution in [0.25, 0.3) is 39.6 Å². The minimum absolute atomic E-state index is 0.267. The molecule has 1 aliphatic rings. The van der Waals surface area contributed by atoms with Gasteiger partial charge in [-0.2, -0.15) is 0 Å². The van der Waals surface area contributed by atoms with Crippen LogP contribution in [0.3, 0.4) is 0 Å². The summed E-state index contributed by atoms with van der Waals surface area (Å²) in [5.41, 5.74) is 2.50. The first kappa shape index (κ1) is 20.4. The van der Waals surface area contributed by atoms with Gasteiger partial charge in [-0.3, -0.25) is 14.5 Å². The number of aryl methyl sites for hydroxylation is 1. The summed E-state index contributed by atoms with van der Waals surface area (Å²) in [7, 11) is 0. The Morgan fingerprint density at radius 1 is 0.861 bits per heavy atom. The summed E-state index contributed by atoms with van der Waals surface area (Å²) in [5, 5.41) is 5.21. The Bertz CT molecular complexity index is 1730. The number of carbonyl (C=O) groups is 2. The van der Waals surface area contributed by atoms with Crippen molar-refractivity contribution in [2.45, 2.75) is 12.8 Å². The molecule has 10 heteroatoms. The van der Waals surface area contributed by atoms with Crippen molar-refractivity contribution in [2.24, 2.45) is 0 Å². The van der Waals surface area contributed by atoms with E-state index >= 15 is 0 Å². The molecule has 0 spiro atoms. The highest BCUT2D eigenvalue weighted by Crippen LogP contribution is 2.41. The van der Waals surface area contributed by atoms with Gasteiger partial charge in [0.25, 0.3) is 11.8 Å². The number of fused-ring (bicyclic) bond motifs is 4. The molecular formula is C26H17N5O5. The molecule has 0 N–H and O–H groups in total. The molecule has 5 aromatic heterocycles. The van der Waals surface area contributed by atoms with Gasteiger partial charge in [-0.1, -0.05) is 12.1 Å². The lowest BCUT2D eigenvalue weighted by Gasteiger charge is -2.12. The molecular weight excluding hydrogens is 462 g/mol. The molecule has 2 amide bonds. The van der Waals surface area contributed by atoms with E-state index in [0.29, 0.717) is 69.4 Å². The van der Waals surface area contributed by atoms with Gasteiger partial charge >= 0.3 is 0 Å². The fraction of sp³-hybridized carbons (Fsp3) is 0.115. The summed E-state index contributed by atoms with van der Waals surface area (Å²) in [6.45, 7) is 0.279. The predicted molar refractivity (Wildman–Crippen MR) is 126 cm³/mol. The standard InChI is InChI=1S/C26H17N5O5/c32-25-15-6-1-2-7-16(15)26(33)30(25)11-3-10-19-28-23-21-20(17-8-4-12-34-17)22(18-9-5-13-35-18)36-24(21)27-14-31(23)29-19/h1-2,4-9,12-14H,3,10-11H2. The third-order valence-corrected chi connectivity index (χ3v) is 6.25. The smallest absolute Gasteiger partial charge is 0.261 e. The van der Waals surface area contributed by atoms with E-state index < -0.39 is 0 Å². The van der Waals surface area contributed by atoms with Crippen LogP contribution in [0.1, 0.15) is 33.0 Å². The Morgan fingerprint density at radius 2 is 1.58 bits per heavy atom. The van der Waals surface area contributed by atoms with E-state index in [-0.39, 0.29) is 18.4 Å². The predicted octanol–water partition coefficient (Wildman–Crippen LogP) is 4.62. The fourth-order valence-corrected chi connectivity index (χ4v) is 4.62. The van der Waals surface area contributed by atoms with Crippen molar-refractivity contribution in [3.8, 4) is 22.8 Å². The van der Waals surface area contributed by atoms with Gasteiger partial charge in [0, 0.05) is 13.0 Å². The maximum atomic E-state index is 12.6. The lowest BCUT2D eigenvalue weighted by molar-refractivity contribution is 0.0652.